The highest BCUT2D eigenvalue weighted by Gasteiger charge is 2.21. The molecule has 0 aromatic heterocycles. The van der Waals surface area contributed by atoms with Crippen molar-refractivity contribution in [2.24, 2.45) is 0 Å². The molecule has 160 valence electrons. The Bertz CT molecular complexity index is 848. The van der Waals surface area contributed by atoms with E-state index < -0.39 is 0 Å². The second-order valence-electron chi connectivity index (χ2n) is 7.74. The number of nitrogens with zero attached hydrogens (tertiary/aromatic N) is 1. The van der Waals surface area contributed by atoms with Crippen molar-refractivity contribution >= 4 is 23.2 Å². The summed E-state index contributed by atoms with van der Waals surface area (Å²) in [6.07, 6.45) is 3.12. The minimum absolute atomic E-state index is 0.0445. The Labute approximate surface area is 178 Å². The molecule has 1 aliphatic rings. The molecular weight excluding hydrogens is 378 g/mol. The van der Waals surface area contributed by atoms with E-state index in [4.69, 9.17) is 4.74 Å². The average Bonchev–Trinajstić information content (AvgIpc) is 3.29. The molecule has 2 aromatic carbocycles. The maximum Gasteiger partial charge on any atom is 0.253 e. The molecule has 2 aromatic rings. The van der Waals surface area contributed by atoms with Gasteiger partial charge in [0, 0.05) is 30.5 Å². The van der Waals surface area contributed by atoms with Crippen molar-refractivity contribution in [1.29, 1.82) is 0 Å². The summed E-state index contributed by atoms with van der Waals surface area (Å²) >= 11 is 0. The maximum atomic E-state index is 12.9. The van der Waals surface area contributed by atoms with Crippen LogP contribution in [0.2, 0.25) is 0 Å². The number of nitrogens with one attached hydrogen (secondary N) is 2. The summed E-state index contributed by atoms with van der Waals surface area (Å²) in [5.74, 6) is -0.351. The van der Waals surface area contributed by atoms with Gasteiger partial charge in [0.2, 0.25) is 5.91 Å². The van der Waals surface area contributed by atoms with Gasteiger partial charge in [-0.2, -0.15) is 0 Å². The van der Waals surface area contributed by atoms with E-state index in [1.807, 2.05) is 56.3 Å². The lowest BCUT2D eigenvalue weighted by Crippen LogP contribution is -2.33. The monoisotopic (exact) mass is 409 g/mol. The number of hydrogen-bond donors (Lipinski definition) is 2. The Hall–Kier alpha value is -2.86. The van der Waals surface area contributed by atoms with Crippen LogP contribution < -0.4 is 15.5 Å². The standard InChI is InChI=1S/C24H31N3O3/c1-3-18(2)25-24(29)21-15-20(11-12-22(21)27-13-7-8-14-27)26-23(28)17-30-16-19-9-5-4-6-10-19/h4-6,9-12,15,18H,3,7-8,13-14,16-17H2,1-2H3,(H,25,29)(H,26,28)/t18-/m0/s1. The van der Waals surface area contributed by atoms with E-state index in [1.165, 1.54) is 0 Å². The van der Waals surface area contributed by atoms with Crippen molar-refractivity contribution in [3.8, 4) is 0 Å². The Morgan fingerprint density at radius 2 is 1.83 bits per heavy atom. The summed E-state index contributed by atoms with van der Waals surface area (Å²) in [4.78, 5) is 27.4. The Kier molecular flexibility index (Phi) is 7.85. The van der Waals surface area contributed by atoms with Crippen molar-refractivity contribution in [2.45, 2.75) is 45.8 Å². The van der Waals surface area contributed by atoms with E-state index in [-0.39, 0.29) is 24.5 Å². The molecule has 3 rings (SSSR count). The fourth-order valence-electron chi connectivity index (χ4n) is 3.47. The van der Waals surface area contributed by atoms with Gasteiger partial charge in [0.25, 0.3) is 5.91 Å². The van der Waals surface area contributed by atoms with Crippen LogP contribution in [0.4, 0.5) is 11.4 Å². The van der Waals surface area contributed by atoms with E-state index in [1.54, 1.807) is 6.07 Å². The molecule has 1 heterocycles. The second kappa shape index (κ2) is 10.8. The molecule has 2 N–H and O–H groups in total. The molecule has 2 amide bonds. The summed E-state index contributed by atoms with van der Waals surface area (Å²) in [5.41, 5.74) is 3.14. The molecule has 6 heteroatoms. The van der Waals surface area contributed by atoms with Crippen molar-refractivity contribution in [1.82, 2.24) is 5.32 Å². The van der Waals surface area contributed by atoms with Crippen LogP contribution in [0.25, 0.3) is 0 Å². The summed E-state index contributed by atoms with van der Waals surface area (Å²) in [6, 6.07) is 15.4. The highest BCUT2D eigenvalue weighted by atomic mass is 16.5. The zero-order chi connectivity index (χ0) is 21.3. The van der Waals surface area contributed by atoms with Crippen LogP contribution in [-0.2, 0) is 16.1 Å². The Balaban J connectivity index is 1.66. The van der Waals surface area contributed by atoms with Crippen LogP contribution >= 0.6 is 0 Å². The van der Waals surface area contributed by atoms with Gasteiger partial charge in [0.15, 0.2) is 0 Å². The second-order valence-corrected chi connectivity index (χ2v) is 7.74. The molecule has 0 unspecified atom stereocenters. The number of carbonyl (C=O) groups excluding carboxylic acids is 2. The number of hydrogen-bond acceptors (Lipinski definition) is 4. The number of benzene rings is 2. The van der Waals surface area contributed by atoms with Gasteiger partial charge in [-0.3, -0.25) is 9.59 Å². The van der Waals surface area contributed by atoms with E-state index in [2.05, 4.69) is 15.5 Å². The lowest BCUT2D eigenvalue weighted by atomic mass is 10.1. The molecule has 6 nitrogen and oxygen atoms in total. The lowest BCUT2D eigenvalue weighted by Gasteiger charge is -2.23. The summed E-state index contributed by atoms with van der Waals surface area (Å²) in [6.45, 7) is 6.26. The first-order valence-corrected chi connectivity index (χ1v) is 10.7. The van der Waals surface area contributed by atoms with Crippen molar-refractivity contribution in [3.63, 3.8) is 0 Å². The number of amides is 2. The van der Waals surface area contributed by atoms with E-state index in [0.717, 1.165) is 43.6 Å². The van der Waals surface area contributed by atoms with Crippen molar-refractivity contribution in [2.75, 3.05) is 29.9 Å². The zero-order valence-electron chi connectivity index (χ0n) is 17.8. The quantitative estimate of drug-likeness (QED) is 0.657. The van der Waals surface area contributed by atoms with Gasteiger partial charge < -0.3 is 20.3 Å². The zero-order valence-corrected chi connectivity index (χ0v) is 17.8. The lowest BCUT2D eigenvalue weighted by molar-refractivity contribution is -0.121. The largest absolute Gasteiger partial charge is 0.371 e. The van der Waals surface area contributed by atoms with Crippen LogP contribution in [0.5, 0.6) is 0 Å². The predicted molar refractivity (Wildman–Crippen MR) is 120 cm³/mol. The maximum absolute atomic E-state index is 12.9. The highest BCUT2D eigenvalue weighted by Crippen LogP contribution is 2.27. The fourth-order valence-corrected chi connectivity index (χ4v) is 3.47. The van der Waals surface area contributed by atoms with Gasteiger partial charge >= 0.3 is 0 Å². The summed E-state index contributed by atoms with van der Waals surface area (Å²) in [5, 5.41) is 5.89. The van der Waals surface area contributed by atoms with Crippen LogP contribution in [-0.4, -0.2) is 37.6 Å². The molecule has 0 radical (unpaired) electrons. The normalized spacial score (nSPS) is 14.4. The molecule has 1 fully saturated rings. The van der Waals surface area contributed by atoms with Crippen LogP contribution in [0.15, 0.2) is 48.5 Å². The minimum atomic E-state index is -0.242. The summed E-state index contributed by atoms with van der Waals surface area (Å²) < 4.78 is 5.50. The van der Waals surface area contributed by atoms with Crippen LogP contribution in [0.3, 0.4) is 0 Å². The number of ether oxygens (including phenoxy) is 1. The van der Waals surface area contributed by atoms with Gasteiger partial charge in [-0.15, -0.1) is 0 Å². The highest BCUT2D eigenvalue weighted by molar-refractivity contribution is 6.02. The Morgan fingerprint density at radius 1 is 1.10 bits per heavy atom. The first kappa shape index (κ1) is 21.8. The fraction of sp³-hybridized carbons (Fsp3) is 0.417. The molecule has 1 saturated heterocycles. The van der Waals surface area contributed by atoms with Crippen molar-refractivity contribution in [3.05, 3.63) is 59.7 Å². The molecule has 0 bridgehead atoms. The molecule has 0 spiro atoms. The molecule has 1 aliphatic heterocycles. The third-order valence-corrected chi connectivity index (χ3v) is 5.31. The van der Waals surface area contributed by atoms with Crippen LogP contribution in [0.1, 0.15) is 49.0 Å². The van der Waals surface area contributed by atoms with Gasteiger partial charge in [0.05, 0.1) is 12.2 Å². The molecular formula is C24H31N3O3. The first-order chi connectivity index (χ1) is 14.6. The van der Waals surface area contributed by atoms with Gasteiger partial charge in [-0.25, -0.2) is 0 Å². The molecule has 0 aliphatic carbocycles. The van der Waals surface area contributed by atoms with Crippen LogP contribution in [0, 0.1) is 0 Å². The minimum Gasteiger partial charge on any atom is -0.371 e. The van der Waals surface area contributed by atoms with E-state index >= 15 is 0 Å². The smallest absolute Gasteiger partial charge is 0.253 e. The van der Waals surface area contributed by atoms with E-state index in [9.17, 15) is 9.59 Å². The van der Waals surface area contributed by atoms with Gasteiger partial charge in [-0.1, -0.05) is 37.3 Å². The molecule has 1 atom stereocenters. The SMILES string of the molecule is CC[C@H](C)NC(=O)c1cc(NC(=O)COCc2ccccc2)ccc1N1CCCC1. The molecule has 30 heavy (non-hydrogen) atoms. The van der Waals surface area contributed by atoms with E-state index in [0.29, 0.717) is 17.9 Å². The summed E-state index contributed by atoms with van der Waals surface area (Å²) in [7, 11) is 0. The molecule has 0 saturated carbocycles. The average molecular weight is 410 g/mol. The predicted octanol–water partition coefficient (Wildman–Crippen LogP) is 3.97. The topological polar surface area (TPSA) is 70.7 Å². The third kappa shape index (κ3) is 6.07. The third-order valence-electron chi connectivity index (χ3n) is 5.31. The number of rotatable bonds is 9. The van der Waals surface area contributed by atoms with Crippen molar-refractivity contribution < 1.29 is 14.3 Å². The number of carbonyl (C=O) groups is 2. The van der Waals surface area contributed by atoms with Gasteiger partial charge in [-0.05, 0) is 49.9 Å². The Morgan fingerprint density at radius 3 is 2.53 bits per heavy atom. The number of anilines is 2. The van der Waals surface area contributed by atoms with Gasteiger partial charge in [0.1, 0.15) is 6.61 Å². The first-order valence-electron chi connectivity index (χ1n) is 10.7.